The molecule has 3 nitrogen and oxygen atoms in total. The van der Waals surface area contributed by atoms with Crippen LogP contribution in [0.1, 0.15) is 35.7 Å². The molecular formula is C16H22N2O. The number of methoxy groups -OCH3 is 1. The normalized spacial score (nSPS) is 18.6. The van der Waals surface area contributed by atoms with Crippen LogP contribution in [0.2, 0.25) is 0 Å². The molecule has 1 aromatic carbocycles. The molecule has 0 saturated heterocycles. The van der Waals surface area contributed by atoms with Crippen molar-refractivity contribution in [2.45, 2.75) is 32.2 Å². The van der Waals surface area contributed by atoms with Gasteiger partial charge in [-0.05, 0) is 56.5 Å². The van der Waals surface area contributed by atoms with Crippen LogP contribution in [0.25, 0.3) is 10.9 Å². The first kappa shape index (κ1) is 12.5. The van der Waals surface area contributed by atoms with E-state index in [0.29, 0.717) is 6.04 Å². The molecule has 1 unspecified atom stereocenters. The molecule has 0 bridgehead atoms. The molecule has 1 atom stereocenters. The minimum atomic E-state index is 0.464. The van der Waals surface area contributed by atoms with Crippen LogP contribution in [0, 0.1) is 6.92 Å². The van der Waals surface area contributed by atoms with Crippen molar-refractivity contribution < 1.29 is 4.74 Å². The fourth-order valence-corrected chi connectivity index (χ4v) is 3.55. The molecule has 0 aliphatic heterocycles. The standard InChI is InChI=1S/C16H22N2O/c1-10-8-12-11-6-5-7-13(17-2)15(11)18(3)16(12)14(9-10)19-4/h8-9,13,17H,5-7H2,1-4H3. The number of aryl methyl sites for hydroxylation is 3. The number of aromatic nitrogens is 1. The molecular weight excluding hydrogens is 236 g/mol. The fourth-order valence-electron chi connectivity index (χ4n) is 3.55. The lowest BCUT2D eigenvalue weighted by atomic mass is 9.91. The Morgan fingerprint density at radius 2 is 2.16 bits per heavy atom. The van der Waals surface area contributed by atoms with Gasteiger partial charge < -0.3 is 14.6 Å². The topological polar surface area (TPSA) is 26.2 Å². The highest BCUT2D eigenvalue weighted by Crippen LogP contribution is 2.40. The first-order valence-corrected chi connectivity index (χ1v) is 7.00. The zero-order chi connectivity index (χ0) is 13.6. The van der Waals surface area contributed by atoms with Gasteiger partial charge >= 0.3 is 0 Å². The van der Waals surface area contributed by atoms with Crippen LogP contribution < -0.4 is 10.1 Å². The lowest BCUT2D eigenvalue weighted by Gasteiger charge is -2.24. The van der Waals surface area contributed by atoms with E-state index in [4.69, 9.17) is 4.74 Å². The van der Waals surface area contributed by atoms with E-state index in [9.17, 15) is 0 Å². The highest BCUT2D eigenvalue weighted by Gasteiger charge is 2.26. The molecule has 1 N–H and O–H groups in total. The Morgan fingerprint density at radius 1 is 1.37 bits per heavy atom. The maximum absolute atomic E-state index is 5.59. The third kappa shape index (κ3) is 1.76. The van der Waals surface area contributed by atoms with Crippen molar-refractivity contribution in [1.29, 1.82) is 0 Å². The first-order valence-electron chi connectivity index (χ1n) is 7.00. The Bertz CT molecular complexity index is 627. The number of benzene rings is 1. The molecule has 102 valence electrons. The predicted octanol–water partition coefficient (Wildman–Crippen LogP) is 3.09. The Balaban J connectivity index is 2.37. The van der Waals surface area contributed by atoms with Crippen LogP contribution in [0.3, 0.4) is 0 Å². The van der Waals surface area contributed by atoms with Gasteiger partial charge in [0.05, 0.1) is 12.6 Å². The summed E-state index contributed by atoms with van der Waals surface area (Å²) in [6.07, 6.45) is 3.65. The van der Waals surface area contributed by atoms with Gasteiger partial charge in [-0.2, -0.15) is 0 Å². The van der Waals surface area contributed by atoms with Crippen molar-refractivity contribution in [2.24, 2.45) is 7.05 Å². The molecule has 1 aliphatic rings. The third-order valence-corrected chi connectivity index (χ3v) is 4.37. The molecule has 1 aromatic heterocycles. The molecule has 0 saturated carbocycles. The van der Waals surface area contributed by atoms with Gasteiger partial charge in [-0.1, -0.05) is 0 Å². The molecule has 0 radical (unpaired) electrons. The second kappa shape index (κ2) is 4.57. The molecule has 1 aliphatic carbocycles. The molecule has 1 heterocycles. The van der Waals surface area contributed by atoms with Crippen molar-refractivity contribution in [3.8, 4) is 5.75 Å². The van der Waals surface area contributed by atoms with E-state index >= 15 is 0 Å². The highest BCUT2D eigenvalue weighted by molar-refractivity contribution is 5.91. The summed E-state index contributed by atoms with van der Waals surface area (Å²) in [7, 11) is 5.98. The third-order valence-electron chi connectivity index (χ3n) is 4.37. The van der Waals surface area contributed by atoms with Gasteiger partial charge in [0.25, 0.3) is 0 Å². The molecule has 3 heteroatoms. The van der Waals surface area contributed by atoms with Gasteiger partial charge in [0.2, 0.25) is 0 Å². The van der Waals surface area contributed by atoms with Crippen LogP contribution in [0.4, 0.5) is 0 Å². The maximum atomic E-state index is 5.59. The summed E-state index contributed by atoms with van der Waals surface area (Å²) >= 11 is 0. The Labute approximate surface area is 114 Å². The van der Waals surface area contributed by atoms with Crippen LogP contribution in [0.5, 0.6) is 5.75 Å². The summed E-state index contributed by atoms with van der Waals surface area (Å²) < 4.78 is 7.92. The molecule has 0 amide bonds. The second-order valence-corrected chi connectivity index (χ2v) is 5.52. The number of hydrogen-bond donors (Lipinski definition) is 1. The second-order valence-electron chi connectivity index (χ2n) is 5.52. The molecule has 2 aromatic rings. The lowest BCUT2D eigenvalue weighted by Crippen LogP contribution is -2.23. The zero-order valence-electron chi connectivity index (χ0n) is 12.2. The molecule has 3 rings (SSSR count). The Morgan fingerprint density at radius 3 is 2.84 bits per heavy atom. The number of ether oxygens (including phenoxy) is 1. The minimum Gasteiger partial charge on any atom is -0.495 e. The zero-order valence-corrected chi connectivity index (χ0v) is 12.2. The van der Waals surface area contributed by atoms with Gasteiger partial charge in [-0.3, -0.25) is 0 Å². The van der Waals surface area contributed by atoms with E-state index < -0.39 is 0 Å². The number of nitrogens with one attached hydrogen (secondary N) is 1. The predicted molar refractivity (Wildman–Crippen MR) is 78.9 cm³/mol. The van der Waals surface area contributed by atoms with Gasteiger partial charge in [0.15, 0.2) is 0 Å². The molecule has 0 spiro atoms. The number of rotatable bonds is 2. The average Bonchev–Trinajstić information content (AvgIpc) is 2.71. The minimum absolute atomic E-state index is 0.464. The van der Waals surface area contributed by atoms with Gasteiger partial charge in [0, 0.05) is 24.2 Å². The monoisotopic (exact) mass is 258 g/mol. The maximum Gasteiger partial charge on any atom is 0.143 e. The van der Waals surface area contributed by atoms with Crippen LogP contribution in [-0.4, -0.2) is 18.7 Å². The van der Waals surface area contributed by atoms with E-state index in [1.54, 1.807) is 7.11 Å². The fraction of sp³-hybridized carbons (Fsp3) is 0.500. The van der Waals surface area contributed by atoms with E-state index in [0.717, 1.165) is 5.75 Å². The van der Waals surface area contributed by atoms with Gasteiger partial charge in [0.1, 0.15) is 5.75 Å². The van der Waals surface area contributed by atoms with E-state index in [2.05, 4.69) is 43.0 Å². The summed E-state index contributed by atoms with van der Waals surface area (Å²) in [5.41, 5.74) is 5.45. The smallest absolute Gasteiger partial charge is 0.143 e. The average molecular weight is 258 g/mol. The summed E-state index contributed by atoms with van der Waals surface area (Å²) in [5, 5.41) is 4.82. The van der Waals surface area contributed by atoms with Crippen molar-refractivity contribution in [3.63, 3.8) is 0 Å². The van der Waals surface area contributed by atoms with Crippen LogP contribution in [0.15, 0.2) is 12.1 Å². The van der Waals surface area contributed by atoms with E-state index in [1.165, 1.54) is 47.0 Å². The highest BCUT2D eigenvalue weighted by atomic mass is 16.5. The van der Waals surface area contributed by atoms with E-state index in [1.807, 2.05) is 0 Å². The number of nitrogens with zero attached hydrogens (tertiary/aromatic N) is 1. The Kier molecular flexibility index (Phi) is 3.02. The van der Waals surface area contributed by atoms with Crippen LogP contribution >= 0.6 is 0 Å². The lowest BCUT2D eigenvalue weighted by molar-refractivity contribution is 0.416. The van der Waals surface area contributed by atoms with Crippen molar-refractivity contribution in [1.82, 2.24) is 9.88 Å². The van der Waals surface area contributed by atoms with Crippen molar-refractivity contribution in [3.05, 3.63) is 29.0 Å². The van der Waals surface area contributed by atoms with Crippen LogP contribution in [-0.2, 0) is 13.5 Å². The molecule has 0 fully saturated rings. The Hall–Kier alpha value is -1.48. The largest absolute Gasteiger partial charge is 0.495 e. The summed E-state index contributed by atoms with van der Waals surface area (Å²) in [6, 6.07) is 4.89. The van der Waals surface area contributed by atoms with Crippen molar-refractivity contribution in [2.75, 3.05) is 14.2 Å². The quantitative estimate of drug-likeness (QED) is 0.896. The SMILES string of the molecule is CNC1CCCc2c1n(C)c1c(OC)cc(C)cc21. The summed E-state index contributed by atoms with van der Waals surface area (Å²) in [5.74, 6) is 0.988. The number of fused-ring (bicyclic) bond motifs is 3. The summed E-state index contributed by atoms with van der Waals surface area (Å²) in [6.45, 7) is 2.14. The van der Waals surface area contributed by atoms with Crippen molar-refractivity contribution >= 4 is 10.9 Å². The van der Waals surface area contributed by atoms with Gasteiger partial charge in [-0.15, -0.1) is 0 Å². The molecule has 19 heavy (non-hydrogen) atoms. The number of hydrogen-bond acceptors (Lipinski definition) is 2. The first-order chi connectivity index (χ1) is 9.17. The van der Waals surface area contributed by atoms with E-state index in [-0.39, 0.29) is 0 Å². The summed E-state index contributed by atoms with van der Waals surface area (Å²) in [4.78, 5) is 0. The van der Waals surface area contributed by atoms with Gasteiger partial charge in [-0.25, -0.2) is 0 Å².